The quantitative estimate of drug-likeness (QED) is 0.511. The molecule has 1 atom stereocenters. The molecule has 1 aromatic heterocycles. The summed E-state index contributed by atoms with van der Waals surface area (Å²) in [4.78, 5) is 16.8. The van der Waals surface area contributed by atoms with E-state index in [0.717, 1.165) is 37.4 Å². The van der Waals surface area contributed by atoms with Crippen molar-refractivity contribution in [2.45, 2.75) is 37.6 Å². The van der Waals surface area contributed by atoms with E-state index < -0.39 is 10.0 Å². The van der Waals surface area contributed by atoms with Gasteiger partial charge in [0.15, 0.2) is 0 Å². The number of sulfonamides is 1. The molecule has 1 unspecified atom stereocenters. The van der Waals surface area contributed by atoms with E-state index in [1.807, 2.05) is 13.0 Å². The lowest BCUT2D eigenvalue weighted by Crippen LogP contribution is -2.41. The Labute approximate surface area is 195 Å². The third-order valence-electron chi connectivity index (χ3n) is 5.95. The lowest BCUT2D eigenvalue weighted by Gasteiger charge is -2.36. The van der Waals surface area contributed by atoms with Crippen LogP contribution in [0.3, 0.4) is 0 Å². The van der Waals surface area contributed by atoms with Crippen molar-refractivity contribution in [3.8, 4) is 0 Å². The average molecular weight is 480 g/mol. The van der Waals surface area contributed by atoms with Gasteiger partial charge in [-0.15, -0.1) is 11.3 Å². The summed E-state index contributed by atoms with van der Waals surface area (Å²) in [6.07, 6.45) is 2.32. The highest BCUT2D eigenvalue weighted by Gasteiger charge is 2.26. The van der Waals surface area contributed by atoms with E-state index in [2.05, 4.69) is 33.3 Å². The van der Waals surface area contributed by atoms with Crippen molar-refractivity contribution in [1.29, 1.82) is 0 Å². The van der Waals surface area contributed by atoms with Crippen LogP contribution in [0.4, 0.5) is 0 Å². The fourth-order valence-corrected chi connectivity index (χ4v) is 5.79. The maximum atomic E-state index is 13.1. The zero-order chi connectivity index (χ0) is 23.1. The predicted molar refractivity (Wildman–Crippen MR) is 128 cm³/mol. The number of nitrogens with zero attached hydrogens (tertiary/aromatic N) is 1. The molecule has 9 heteroatoms. The molecule has 0 saturated carbocycles. The Hall–Kier alpha value is -1.78. The Morgan fingerprint density at radius 2 is 2.03 bits per heavy atom. The molecule has 2 N–H and O–H groups in total. The maximum Gasteiger partial charge on any atom is 0.251 e. The van der Waals surface area contributed by atoms with E-state index in [-0.39, 0.29) is 30.0 Å². The molecule has 176 valence electrons. The number of methoxy groups -OCH3 is 1. The third kappa shape index (κ3) is 6.39. The first-order valence-corrected chi connectivity index (χ1v) is 13.3. The molecule has 1 aliphatic heterocycles. The molecule has 7 nitrogen and oxygen atoms in total. The summed E-state index contributed by atoms with van der Waals surface area (Å²) in [5, 5.41) is 5.12. The molecule has 32 heavy (non-hydrogen) atoms. The Balaban J connectivity index is 1.72. The van der Waals surface area contributed by atoms with Crippen LogP contribution in [-0.4, -0.2) is 59.1 Å². The number of nitrogens with one attached hydrogen (secondary N) is 2. The van der Waals surface area contributed by atoms with Crippen LogP contribution in [-0.2, 0) is 14.8 Å². The third-order valence-corrected chi connectivity index (χ3v) is 8.38. The van der Waals surface area contributed by atoms with Crippen molar-refractivity contribution < 1.29 is 17.9 Å². The molecule has 0 aliphatic carbocycles. The number of carbonyl (C=O) groups excluding carboxylic acids is 1. The second-order valence-electron chi connectivity index (χ2n) is 8.33. The van der Waals surface area contributed by atoms with Crippen LogP contribution >= 0.6 is 11.3 Å². The smallest absolute Gasteiger partial charge is 0.251 e. The number of piperidine rings is 1. The van der Waals surface area contributed by atoms with Crippen molar-refractivity contribution in [2.24, 2.45) is 5.92 Å². The highest BCUT2D eigenvalue weighted by atomic mass is 32.2. The van der Waals surface area contributed by atoms with E-state index in [9.17, 15) is 13.2 Å². The second kappa shape index (κ2) is 11.4. The predicted octanol–water partition coefficient (Wildman–Crippen LogP) is 3.18. The Kier molecular flexibility index (Phi) is 8.84. The molecule has 2 aromatic rings. The van der Waals surface area contributed by atoms with E-state index in [0.29, 0.717) is 12.1 Å². The lowest BCUT2D eigenvalue weighted by atomic mass is 9.97. The summed E-state index contributed by atoms with van der Waals surface area (Å²) in [6, 6.07) is 8.91. The number of aryl methyl sites for hydroxylation is 1. The number of thiophene rings is 1. The topological polar surface area (TPSA) is 87.7 Å². The number of carbonyl (C=O) groups is 1. The van der Waals surface area contributed by atoms with Crippen molar-refractivity contribution in [3.05, 3.63) is 51.7 Å². The van der Waals surface area contributed by atoms with Crippen molar-refractivity contribution in [2.75, 3.05) is 39.9 Å². The van der Waals surface area contributed by atoms with Crippen LogP contribution in [0.1, 0.15) is 46.6 Å². The zero-order valence-electron chi connectivity index (χ0n) is 19.0. The van der Waals surface area contributed by atoms with Gasteiger partial charge in [0.05, 0.1) is 17.5 Å². The number of benzene rings is 1. The highest BCUT2D eigenvalue weighted by molar-refractivity contribution is 7.89. The van der Waals surface area contributed by atoms with Crippen LogP contribution < -0.4 is 10.0 Å². The van der Waals surface area contributed by atoms with Gasteiger partial charge in [0.2, 0.25) is 10.0 Å². The number of rotatable bonds is 10. The van der Waals surface area contributed by atoms with Crippen LogP contribution in [0, 0.1) is 12.8 Å². The summed E-state index contributed by atoms with van der Waals surface area (Å²) < 4.78 is 32.5. The normalized spacial score (nSPS) is 16.7. The molecular weight excluding hydrogens is 446 g/mol. The van der Waals surface area contributed by atoms with Crippen molar-refractivity contribution >= 4 is 27.3 Å². The van der Waals surface area contributed by atoms with Crippen LogP contribution in [0.5, 0.6) is 0 Å². The Morgan fingerprint density at radius 3 is 2.69 bits per heavy atom. The number of hydrogen-bond donors (Lipinski definition) is 2. The molecule has 1 aromatic carbocycles. The van der Waals surface area contributed by atoms with Crippen LogP contribution in [0.2, 0.25) is 0 Å². The largest absolute Gasteiger partial charge is 0.383 e. The highest BCUT2D eigenvalue weighted by Crippen LogP contribution is 2.29. The molecule has 0 bridgehead atoms. The molecule has 1 amide bonds. The van der Waals surface area contributed by atoms with Gasteiger partial charge in [-0.2, -0.15) is 0 Å². The summed E-state index contributed by atoms with van der Waals surface area (Å²) in [7, 11) is -2.20. The second-order valence-corrected chi connectivity index (χ2v) is 11.1. The van der Waals surface area contributed by atoms with Gasteiger partial charge in [0.25, 0.3) is 5.91 Å². The van der Waals surface area contributed by atoms with E-state index in [4.69, 9.17) is 4.74 Å². The minimum absolute atomic E-state index is 0.0733. The standard InChI is InChI=1S/C23H33N3O4S2/c1-17-8-11-26(12-9-17)21(22-5-4-14-31-22)16-24-23(27)20-15-19(7-6-18(20)2)32(28,29)25-10-13-30-3/h4-7,14-15,17,21,25H,8-13,16H2,1-3H3,(H,24,27). The van der Waals surface area contributed by atoms with Gasteiger partial charge in [-0.3, -0.25) is 9.69 Å². The molecule has 1 saturated heterocycles. The molecule has 3 rings (SSSR count). The lowest BCUT2D eigenvalue weighted by molar-refractivity contribution is 0.0914. The number of amides is 1. The first kappa shape index (κ1) is 24.9. The van der Waals surface area contributed by atoms with Gasteiger partial charge in [0, 0.05) is 30.6 Å². The number of hydrogen-bond acceptors (Lipinski definition) is 6. The summed E-state index contributed by atoms with van der Waals surface area (Å²) >= 11 is 1.70. The first-order chi connectivity index (χ1) is 15.3. The van der Waals surface area contributed by atoms with Gasteiger partial charge in [-0.1, -0.05) is 19.1 Å². The van der Waals surface area contributed by atoms with Crippen molar-refractivity contribution in [1.82, 2.24) is 14.9 Å². The minimum Gasteiger partial charge on any atom is -0.383 e. The van der Waals surface area contributed by atoms with Crippen LogP contribution in [0.25, 0.3) is 0 Å². The zero-order valence-corrected chi connectivity index (χ0v) is 20.6. The van der Waals surface area contributed by atoms with Gasteiger partial charge in [0.1, 0.15) is 0 Å². The van der Waals surface area contributed by atoms with Gasteiger partial charge >= 0.3 is 0 Å². The van der Waals surface area contributed by atoms with Gasteiger partial charge in [-0.25, -0.2) is 13.1 Å². The monoisotopic (exact) mass is 479 g/mol. The van der Waals surface area contributed by atoms with E-state index in [1.165, 1.54) is 24.1 Å². The molecule has 1 fully saturated rings. The Morgan fingerprint density at radius 1 is 1.28 bits per heavy atom. The van der Waals surface area contributed by atoms with E-state index in [1.54, 1.807) is 17.4 Å². The van der Waals surface area contributed by atoms with Crippen molar-refractivity contribution in [3.63, 3.8) is 0 Å². The molecule has 2 heterocycles. The Bertz CT molecular complexity index is 985. The van der Waals surface area contributed by atoms with Gasteiger partial charge in [-0.05, 0) is 67.9 Å². The fourth-order valence-electron chi connectivity index (χ4n) is 3.89. The fraction of sp³-hybridized carbons (Fsp3) is 0.522. The summed E-state index contributed by atoms with van der Waals surface area (Å²) in [6.45, 7) is 7.05. The number of likely N-dealkylation sites (tertiary alicyclic amines) is 1. The summed E-state index contributed by atoms with van der Waals surface area (Å²) in [5.74, 6) is 0.470. The van der Waals surface area contributed by atoms with Gasteiger partial charge < -0.3 is 10.1 Å². The molecule has 0 spiro atoms. The maximum absolute atomic E-state index is 13.1. The average Bonchev–Trinajstić information content (AvgIpc) is 3.30. The SMILES string of the molecule is COCCNS(=O)(=O)c1ccc(C)c(C(=O)NCC(c2cccs2)N2CCC(C)CC2)c1. The minimum atomic E-state index is -3.71. The van der Waals surface area contributed by atoms with Crippen LogP contribution in [0.15, 0.2) is 40.6 Å². The molecule has 0 radical (unpaired) electrons. The van der Waals surface area contributed by atoms with E-state index >= 15 is 0 Å². The molecule has 1 aliphatic rings. The number of ether oxygens (including phenoxy) is 1. The first-order valence-electron chi connectivity index (χ1n) is 11.0. The summed E-state index contributed by atoms with van der Waals surface area (Å²) in [5.41, 5.74) is 1.11. The molecular formula is C23H33N3O4S2.